The summed E-state index contributed by atoms with van der Waals surface area (Å²) >= 11 is 0. The van der Waals surface area contributed by atoms with Gasteiger partial charge in [0.25, 0.3) is 0 Å². The van der Waals surface area contributed by atoms with Crippen molar-refractivity contribution in [2.24, 2.45) is 0 Å². The predicted octanol–water partition coefficient (Wildman–Crippen LogP) is 4.70. The van der Waals surface area contributed by atoms with Gasteiger partial charge >= 0.3 is 0 Å². The van der Waals surface area contributed by atoms with Crippen LogP contribution in [0, 0.1) is 5.21 Å². The van der Waals surface area contributed by atoms with E-state index in [2.05, 4.69) is 28.8 Å². The number of aryl methyl sites for hydroxylation is 2. The molecule has 0 bridgehead atoms. The van der Waals surface area contributed by atoms with Crippen molar-refractivity contribution in [3.8, 4) is 22.5 Å². The van der Waals surface area contributed by atoms with Gasteiger partial charge in [0.1, 0.15) is 0 Å². The SMILES string of the molecule is [O-][n+]1cn(CCc2ccccc2)c(-c2ccccc2)c1-c1ccccc1. The first-order chi connectivity index (χ1) is 12.8. The minimum Gasteiger partial charge on any atom is -0.710 e. The molecule has 26 heavy (non-hydrogen) atoms. The number of rotatable bonds is 5. The first kappa shape index (κ1) is 16.2. The summed E-state index contributed by atoms with van der Waals surface area (Å²) in [4.78, 5) is 0. The van der Waals surface area contributed by atoms with Gasteiger partial charge in [-0.2, -0.15) is 0 Å². The van der Waals surface area contributed by atoms with Crippen LogP contribution in [0.2, 0.25) is 0 Å². The predicted molar refractivity (Wildman–Crippen MR) is 104 cm³/mol. The Morgan fingerprint density at radius 1 is 0.692 bits per heavy atom. The van der Waals surface area contributed by atoms with E-state index < -0.39 is 0 Å². The van der Waals surface area contributed by atoms with E-state index in [-0.39, 0.29) is 0 Å². The standard InChI is InChI=1S/C23H20N2O/c26-25-18-24(17-16-19-10-4-1-5-11-19)22(20-12-6-2-7-13-20)23(25)21-14-8-3-9-15-21/h1-15,18H,16-17H2. The van der Waals surface area contributed by atoms with Crippen molar-refractivity contribution in [2.75, 3.05) is 0 Å². The van der Waals surface area contributed by atoms with E-state index in [1.807, 2.05) is 66.7 Å². The first-order valence-corrected chi connectivity index (χ1v) is 8.80. The molecular formula is C23H20N2O. The number of hydrogen-bond acceptors (Lipinski definition) is 1. The van der Waals surface area contributed by atoms with Crippen molar-refractivity contribution in [1.82, 2.24) is 4.57 Å². The van der Waals surface area contributed by atoms with E-state index in [0.717, 1.165) is 34.5 Å². The smallest absolute Gasteiger partial charge is 0.247 e. The molecule has 3 heteroatoms. The monoisotopic (exact) mass is 340 g/mol. The molecule has 0 aliphatic heterocycles. The van der Waals surface area contributed by atoms with E-state index in [1.165, 1.54) is 5.56 Å². The zero-order valence-electron chi connectivity index (χ0n) is 14.5. The summed E-state index contributed by atoms with van der Waals surface area (Å²) in [6.07, 6.45) is 2.54. The van der Waals surface area contributed by atoms with Crippen molar-refractivity contribution >= 4 is 0 Å². The van der Waals surface area contributed by atoms with Gasteiger partial charge in [-0.1, -0.05) is 91.0 Å². The van der Waals surface area contributed by atoms with Gasteiger partial charge in [0, 0.05) is 17.5 Å². The van der Waals surface area contributed by atoms with Crippen molar-refractivity contribution < 1.29 is 4.73 Å². The molecule has 0 aliphatic carbocycles. The van der Waals surface area contributed by atoms with Gasteiger partial charge in [0.15, 0.2) is 11.4 Å². The Hall–Kier alpha value is -3.33. The summed E-state index contributed by atoms with van der Waals surface area (Å²) in [6, 6.07) is 30.3. The van der Waals surface area contributed by atoms with Crippen LogP contribution >= 0.6 is 0 Å². The van der Waals surface area contributed by atoms with Crippen LogP contribution in [0.5, 0.6) is 0 Å². The molecule has 0 atom stereocenters. The van der Waals surface area contributed by atoms with Crippen LogP contribution in [0.25, 0.3) is 22.5 Å². The molecule has 0 aliphatic rings. The summed E-state index contributed by atoms with van der Waals surface area (Å²) in [5.74, 6) is 0. The number of hydrogen-bond donors (Lipinski definition) is 0. The van der Waals surface area contributed by atoms with E-state index in [4.69, 9.17) is 0 Å². The second-order valence-corrected chi connectivity index (χ2v) is 6.30. The van der Waals surface area contributed by atoms with Crippen molar-refractivity contribution in [1.29, 1.82) is 0 Å². The Balaban J connectivity index is 1.79. The lowest BCUT2D eigenvalue weighted by atomic mass is 10.0. The Morgan fingerprint density at radius 3 is 1.85 bits per heavy atom. The largest absolute Gasteiger partial charge is 0.710 e. The summed E-state index contributed by atoms with van der Waals surface area (Å²) in [6.45, 7) is 0.753. The van der Waals surface area contributed by atoms with Crippen LogP contribution in [0.3, 0.4) is 0 Å². The third-order valence-corrected chi connectivity index (χ3v) is 4.55. The lowest BCUT2D eigenvalue weighted by molar-refractivity contribution is -0.593. The van der Waals surface area contributed by atoms with Gasteiger partial charge in [-0.3, -0.25) is 0 Å². The maximum Gasteiger partial charge on any atom is 0.247 e. The molecule has 3 aromatic carbocycles. The Morgan fingerprint density at radius 2 is 1.23 bits per heavy atom. The summed E-state index contributed by atoms with van der Waals surface area (Å²) in [7, 11) is 0. The van der Waals surface area contributed by atoms with Gasteiger partial charge in [0.05, 0.1) is 6.54 Å². The lowest BCUT2D eigenvalue weighted by Gasteiger charge is -2.07. The highest BCUT2D eigenvalue weighted by atomic mass is 16.5. The summed E-state index contributed by atoms with van der Waals surface area (Å²) in [5, 5.41) is 12.7. The average Bonchev–Trinajstić information content (AvgIpc) is 3.04. The van der Waals surface area contributed by atoms with Crippen LogP contribution in [0.1, 0.15) is 5.56 Å². The van der Waals surface area contributed by atoms with Gasteiger partial charge in [-0.25, -0.2) is 9.30 Å². The molecule has 0 saturated heterocycles. The maximum absolute atomic E-state index is 12.7. The zero-order valence-corrected chi connectivity index (χ0v) is 14.5. The highest BCUT2D eigenvalue weighted by Crippen LogP contribution is 2.30. The van der Waals surface area contributed by atoms with E-state index >= 15 is 0 Å². The minimum atomic E-state index is 0.699. The first-order valence-electron chi connectivity index (χ1n) is 8.80. The molecule has 0 saturated carbocycles. The minimum absolute atomic E-state index is 0.699. The van der Waals surface area contributed by atoms with Gasteiger partial charge in [0.2, 0.25) is 6.33 Å². The zero-order chi connectivity index (χ0) is 17.8. The maximum atomic E-state index is 12.7. The molecule has 0 unspecified atom stereocenters. The molecular weight excluding hydrogens is 320 g/mol. The molecule has 0 spiro atoms. The Labute approximate surface area is 153 Å². The molecule has 3 nitrogen and oxygen atoms in total. The summed E-state index contributed by atoms with van der Waals surface area (Å²) in [5.41, 5.74) is 4.90. The van der Waals surface area contributed by atoms with Crippen LogP contribution in [-0.4, -0.2) is 4.57 Å². The van der Waals surface area contributed by atoms with E-state index in [1.54, 1.807) is 6.33 Å². The van der Waals surface area contributed by atoms with Crippen molar-refractivity contribution in [3.05, 3.63) is 108 Å². The van der Waals surface area contributed by atoms with E-state index in [0.29, 0.717) is 5.69 Å². The normalized spacial score (nSPS) is 10.8. The molecule has 0 fully saturated rings. The lowest BCUT2D eigenvalue weighted by Crippen LogP contribution is -2.25. The average molecular weight is 340 g/mol. The molecule has 4 aromatic rings. The third kappa shape index (κ3) is 3.24. The summed E-state index contributed by atoms with van der Waals surface area (Å²) < 4.78 is 3.06. The molecule has 1 heterocycles. The highest BCUT2D eigenvalue weighted by molar-refractivity contribution is 5.76. The molecule has 128 valence electrons. The van der Waals surface area contributed by atoms with Gasteiger partial charge in [-0.15, -0.1) is 0 Å². The molecule has 4 rings (SSSR count). The second kappa shape index (κ2) is 7.28. The fraction of sp³-hybridized carbons (Fsp3) is 0.0870. The third-order valence-electron chi connectivity index (χ3n) is 4.55. The molecule has 1 aromatic heterocycles. The Bertz CT molecular complexity index is 977. The quantitative estimate of drug-likeness (QED) is 0.383. The fourth-order valence-corrected chi connectivity index (χ4v) is 3.30. The highest BCUT2D eigenvalue weighted by Gasteiger charge is 2.23. The molecule has 0 N–H and O–H groups in total. The van der Waals surface area contributed by atoms with Crippen molar-refractivity contribution in [2.45, 2.75) is 13.0 Å². The van der Waals surface area contributed by atoms with Gasteiger partial charge in [-0.05, 0) is 5.56 Å². The second-order valence-electron chi connectivity index (χ2n) is 6.30. The van der Waals surface area contributed by atoms with Crippen LogP contribution in [0.15, 0.2) is 97.3 Å². The molecule has 0 amide bonds. The number of benzene rings is 3. The topological polar surface area (TPSA) is 31.9 Å². The molecule has 0 radical (unpaired) electrons. The van der Waals surface area contributed by atoms with Crippen LogP contribution < -0.4 is 4.73 Å². The number of nitrogens with zero attached hydrogens (tertiary/aromatic N) is 2. The van der Waals surface area contributed by atoms with Crippen LogP contribution in [0.4, 0.5) is 0 Å². The van der Waals surface area contributed by atoms with Crippen LogP contribution in [-0.2, 0) is 13.0 Å². The fourth-order valence-electron chi connectivity index (χ4n) is 3.30. The van der Waals surface area contributed by atoms with Crippen molar-refractivity contribution in [3.63, 3.8) is 0 Å². The Kier molecular flexibility index (Phi) is 4.52. The van der Waals surface area contributed by atoms with E-state index in [9.17, 15) is 5.21 Å². The number of imidazole rings is 1. The number of aromatic nitrogens is 2. The van der Waals surface area contributed by atoms with Gasteiger partial charge < -0.3 is 5.21 Å².